The van der Waals surface area contributed by atoms with Crippen LogP contribution in [0.2, 0.25) is 0 Å². The van der Waals surface area contributed by atoms with Gasteiger partial charge in [-0.1, -0.05) is 265 Å². The third-order valence-corrected chi connectivity index (χ3v) is 22.5. The second-order valence-electron chi connectivity index (χ2n) is 31.3. The van der Waals surface area contributed by atoms with E-state index in [1.807, 2.05) is 0 Å². The van der Waals surface area contributed by atoms with E-state index in [1.54, 1.807) is 0 Å². The van der Waals surface area contributed by atoms with Gasteiger partial charge >= 0.3 is 0 Å². The Morgan fingerprint density at radius 2 is 0.641 bits per heavy atom. The van der Waals surface area contributed by atoms with E-state index in [4.69, 9.17) is 5.73 Å². The van der Waals surface area contributed by atoms with Crippen molar-refractivity contribution in [1.29, 1.82) is 0 Å². The molecule has 1 atom stereocenters. The minimum absolute atomic E-state index is 0.181. The molecule has 0 bridgehead atoms. The Hall–Kier alpha value is -9.02. The van der Waals surface area contributed by atoms with Gasteiger partial charge in [-0.3, -0.25) is 0 Å². The van der Waals surface area contributed by atoms with Crippen LogP contribution in [-0.2, 0) is 36.6 Å². The van der Waals surface area contributed by atoms with Crippen LogP contribution < -0.4 is 15.5 Å². The molecule has 0 aliphatic heterocycles. The van der Waals surface area contributed by atoms with Gasteiger partial charge in [-0.25, -0.2) is 0 Å². The third-order valence-electron chi connectivity index (χ3n) is 22.5. The van der Waals surface area contributed by atoms with Crippen molar-refractivity contribution in [1.82, 2.24) is 0 Å². The molecule has 11 rings (SSSR count). The number of hydrogen-bond donors (Lipinski definition) is 1. The Morgan fingerprint density at radius 3 is 0.981 bits per heavy atom. The second-order valence-corrected chi connectivity index (χ2v) is 31.3. The van der Waals surface area contributed by atoms with E-state index >= 15 is 0 Å². The number of rotatable bonds is 31. The summed E-state index contributed by atoms with van der Waals surface area (Å²) in [7, 11) is 0. The van der Waals surface area contributed by atoms with Gasteiger partial charge in [0.1, 0.15) is 0 Å². The van der Waals surface area contributed by atoms with Crippen LogP contribution in [0.1, 0.15) is 202 Å². The molecule has 3 nitrogen and oxygen atoms in total. The number of aryl methyl sites for hydroxylation is 6. The molecule has 0 heterocycles. The summed E-state index contributed by atoms with van der Waals surface area (Å²) in [5, 5.41) is 0. The van der Waals surface area contributed by atoms with Gasteiger partial charge < -0.3 is 15.5 Å². The molecular formula is C100H117N3. The van der Waals surface area contributed by atoms with Crippen LogP contribution >= 0.6 is 0 Å². The van der Waals surface area contributed by atoms with E-state index in [2.05, 4.69) is 344 Å². The van der Waals surface area contributed by atoms with Crippen molar-refractivity contribution < 1.29 is 0 Å². The van der Waals surface area contributed by atoms with E-state index in [9.17, 15) is 0 Å². The highest BCUT2D eigenvalue weighted by Gasteiger charge is 2.25. The van der Waals surface area contributed by atoms with Crippen LogP contribution in [0.15, 0.2) is 231 Å². The fraction of sp³-hybridized carbons (Fsp3) is 0.340. The van der Waals surface area contributed by atoms with Crippen molar-refractivity contribution in [3.05, 3.63) is 286 Å². The Balaban J connectivity index is 0.982. The molecule has 11 aromatic rings. The molecule has 0 spiro atoms. The first-order chi connectivity index (χ1) is 49.7. The average Bonchev–Trinajstić information content (AvgIpc) is 0.768. The van der Waals surface area contributed by atoms with E-state index in [0.29, 0.717) is 11.8 Å². The maximum atomic E-state index is 6.71. The van der Waals surface area contributed by atoms with Crippen molar-refractivity contribution >= 4 is 34.1 Å². The number of nitrogens with zero attached hydrogens (tertiary/aromatic N) is 2. The first kappa shape index (κ1) is 75.1. The minimum Gasteiger partial charge on any atom is -0.322 e. The number of benzene rings is 11. The molecule has 0 aliphatic rings. The topological polar surface area (TPSA) is 32.5 Å². The van der Waals surface area contributed by atoms with E-state index < -0.39 is 0 Å². The molecule has 0 radical (unpaired) electrons. The Labute approximate surface area is 621 Å². The third kappa shape index (κ3) is 17.8. The largest absolute Gasteiger partial charge is 0.322 e. The van der Waals surface area contributed by atoms with Crippen LogP contribution in [-0.4, -0.2) is 0 Å². The molecule has 0 fully saturated rings. The SMILES string of the molecule is CCCCCCc1cc(-c2ccc(N(c3ccc(-c4ccc(C(C)(N)CC)cc4)cc3)c3ccc(-c4c(C)cc(CC(C)C)cc4C)cc3)cc2C)c(CCCCCC)cc1-c1ccc(N(c2ccc(-c3ccc(CC(C)C)cc3)cc2)c2ccc(-c3ccc(C(C)(CC)CC)cc3)cc2)cc1C. The summed E-state index contributed by atoms with van der Waals surface area (Å²) >= 11 is 0. The highest BCUT2D eigenvalue weighted by molar-refractivity contribution is 5.87. The van der Waals surface area contributed by atoms with Gasteiger partial charge in [0.05, 0.1) is 0 Å². The molecule has 0 saturated carbocycles. The van der Waals surface area contributed by atoms with Crippen molar-refractivity contribution in [2.24, 2.45) is 17.6 Å². The minimum atomic E-state index is -0.361. The lowest BCUT2D eigenvalue weighted by Gasteiger charge is -2.28. The molecule has 0 aliphatic carbocycles. The highest BCUT2D eigenvalue weighted by Crippen LogP contribution is 2.45. The lowest BCUT2D eigenvalue weighted by molar-refractivity contribution is 0.439. The summed E-state index contributed by atoms with van der Waals surface area (Å²) < 4.78 is 0. The average molecular weight is 1360 g/mol. The van der Waals surface area contributed by atoms with E-state index in [0.717, 1.165) is 97.5 Å². The summed E-state index contributed by atoms with van der Waals surface area (Å²) in [6, 6.07) is 88.8. The molecule has 532 valence electrons. The molecule has 3 heteroatoms. The van der Waals surface area contributed by atoms with Gasteiger partial charge in [0.25, 0.3) is 0 Å². The standard InChI is InChI=1S/C100H117N3/c1-16-21-23-25-27-84-68-97(95-60-58-93(66-72(95)11)103(90-53-41-82(42-54-90)79-35-47-87(48-36-79)100(15,101)20-5)91-55-43-83(44-56-91)98-73(12)63-76(62-70(8)9)64-74(98)13)85(28-26-24-22-17-2)67-96(84)94-59-57-92(65-71(94)10)102(88-49-37-80(38-50-88)77-31-29-75(30-32-77)61-69(6)7)89-51-39-81(40-52-89)78-33-45-86(46-34-78)99(14,18-3)19-4/h29-60,63-70H,16-28,61-62,101H2,1-15H3. The quantitative estimate of drug-likeness (QED) is 0.0440. The van der Waals surface area contributed by atoms with Crippen LogP contribution in [0.4, 0.5) is 34.1 Å². The zero-order valence-corrected chi connectivity index (χ0v) is 65.2. The summed E-state index contributed by atoms with van der Waals surface area (Å²) in [6.45, 7) is 34.4. The first-order valence-corrected chi connectivity index (χ1v) is 39.3. The van der Waals surface area contributed by atoms with Gasteiger partial charge in [-0.15, -0.1) is 0 Å². The van der Waals surface area contributed by atoms with Crippen molar-refractivity contribution in [3.63, 3.8) is 0 Å². The zero-order valence-electron chi connectivity index (χ0n) is 65.2. The number of hydrogen-bond acceptors (Lipinski definition) is 3. The van der Waals surface area contributed by atoms with Gasteiger partial charge in [0.2, 0.25) is 0 Å². The summed E-state index contributed by atoms with van der Waals surface area (Å²) in [5.41, 5.74) is 42.0. The Bertz CT molecular complexity index is 4540. The van der Waals surface area contributed by atoms with Gasteiger partial charge in [-0.2, -0.15) is 0 Å². The second kappa shape index (κ2) is 34.1. The van der Waals surface area contributed by atoms with Gasteiger partial charge in [-0.05, 0) is 305 Å². The van der Waals surface area contributed by atoms with Crippen LogP contribution in [0.25, 0.3) is 66.8 Å². The normalized spacial score (nSPS) is 12.3. The first-order valence-electron chi connectivity index (χ1n) is 39.3. The number of nitrogens with two attached hydrogens (primary N) is 1. The van der Waals surface area contributed by atoms with Crippen LogP contribution in [0.5, 0.6) is 0 Å². The van der Waals surface area contributed by atoms with Gasteiger partial charge in [0, 0.05) is 39.7 Å². The van der Waals surface area contributed by atoms with Crippen molar-refractivity contribution in [3.8, 4) is 66.8 Å². The predicted molar refractivity (Wildman–Crippen MR) is 450 cm³/mol. The Kier molecular flexibility index (Phi) is 24.8. The molecule has 2 N–H and O–H groups in total. The fourth-order valence-corrected chi connectivity index (χ4v) is 15.7. The summed E-state index contributed by atoms with van der Waals surface area (Å²) in [5.74, 6) is 1.23. The molecule has 0 saturated heterocycles. The lowest BCUT2D eigenvalue weighted by atomic mass is 9.77. The number of unbranched alkanes of at least 4 members (excludes halogenated alkanes) is 6. The zero-order chi connectivity index (χ0) is 73.0. The molecule has 0 amide bonds. The van der Waals surface area contributed by atoms with Gasteiger partial charge in [0.15, 0.2) is 0 Å². The monoisotopic (exact) mass is 1360 g/mol. The maximum Gasteiger partial charge on any atom is 0.0464 e. The molecule has 103 heavy (non-hydrogen) atoms. The maximum absolute atomic E-state index is 6.71. The molecule has 0 aromatic heterocycles. The predicted octanol–water partition coefficient (Wildman–Crippen LogP) is 29.2. The number of anilines is 6. The fourth-order valence-electron chi connectivity index (χ4n) is 15.7. The van der Waals surface area contributed by atoms with Crippen LogP contribution in [0.3, 0.4) is 0 Å². The van der Waals surface area contributed by atoms with Crippen LogP contribution in [0, 0.1) is 39.5 Å². The Morgan fingerprint density at radius 1 is 0.311 bits per heavy atom. The van der Waals surface area contributed by atoms with Crippen molar-refractivity contribution in [2.75, 3.05) is 9.80 Å². The summed E-state index contributed by atoms with van der Waals surface area (Å²) in [4.78, 5) is 4.91. The smallest absolute Gasteiger partial charge is 0.0464 e. The highest BCUT2D eigenvalue weighted by atomic mass is 15.1. The lowest BCUT2D eigenvalue weighted by Crippen LogP contribution is -2.31. The van der Waals surface area contributed by atoms with E-state index in [-0.39, 0.29) is 11.0 Å². The van der Waals surface area contributed by atoms with E-state index in [1.165, 1.54) is 155 Å². The molecule has 11 aromatic carbocycles. The summed E-state index contributed by atoms with van der Waals surface area (Å²) in [6.07, 6.45) is 17.0. The molecular weight excluding hydrogens is 1240 g/mol. The molecule has 1 unspecified atom stereocenters. The van der Waals surface area contributed by atoms with Crippen molar-refractivity contribution in [2.45, 2.75) is 211 Å².